The third-order valence-electron chi connectivity index (χ3n) is 4.99. The van der Waals surface area contributed by atoms with Gasteiger partial charge in [-0.15, -0.1) is 0 Å². The van der Waals surface area contributed by atoms with Crippen molar-refractivity contribution in [3.8, 4) is 0 Å². The summed E-state index contributed by atoms with van der Waals surface area (Å²) >= 11 is 7.34. The van der Waals surface area contributed by atoms with Crippen LogP contribution < -0.4 is 10.9 Å². The van der Waals surface area contributed by atoms with Crippen molar-refractivity contribution in [2.45, 2.75) is 44.3 Å². The van der Waals surface area contributed by atoms with Crippen LogP contribution in [0.5, 0.6) is 0 Å². The van der Waals surface area contributed by atoms with Gasteiger partial charge < -0.3 is 5.32 Å². The lowest BCUT2D eigenvalue weighted by Crippen LogP contribution is -2.30. The summed E-state index contributed by atoms with van der Waals surface area (Å²) in [6.07, 6.45) is 0.942. The molecule has 0 aliphatic heterocycles. The van der Waals surface area contributed by atoms with Crippen LogP contribution in [0.15, 0.2) is 58.5 Å². The second-order valence-electron chi connectivity index (χ2n) is 7.43. The lowest BCUT2D eigenvalue weighted by atomic mass is 9.96. The number of amides is 1. The summed E-state index contributed by atoms with van der Waals surface area (Å²) in [5, 5.41) is 4.59. The van der Waals surface area contributed by atoms with Gasteiger partial charge in [0.1, 0.15) is 0 Å². The highest BCUT2D eigenvalue weighted by Crippen LogP contribution is 2.23. The highest BCUT2D eigenvalue weighted by Gasteiger charge is 2.16. The van der Waals surface area contributed by atoms with Crippen LogP contribution in [0.4, 0.5) is 0 Å². The van der Waals surface area contributed by atoms with Gasteiger partial charge in [-0.25, -0.2) is 4.98 Å². The molecule has 0 aliphatic rings. The summed E-state index contributed by atoms with van der Waals surface area (Å²) in [5.41, 5.74) is 1.64. The number of thioether (sulfide) groups is 1. The lowest BCUT2D eigenvalue weighted by Gasteiger charge is -2.17. The minimum absolute atomic E-state index is 0.0711. The average molecular weight is 444 g/mol. The number of nitrogens with one attached hydrogen (secondary N) is 1. The first kappa shape index (κ1) is 22.4. The summed E-state index contributed by atoms with van der Waals surface area (Å²) in [6, 6.07) is 15.2. The van der Waals surface area contributed by atoms with Crippen molar-refractivity contribution in [1.29, 1.82) is 0 Å². The second kappa shape index (κ2) is 10.1. The number of rotatable bonds is 8. The minimum atomic E-state index is -0.121. The van der Waals surface area contributed by atoms with E-state index in [0.717, 1.165) is 6.42 Å². The van der Waals surface area contributed by atoms with Crippen molar-refractivity contribution >= 4 is 40.2 Å². The van der Waals surface area contributed by atoms with Crippen molar-refractivity contribution in [2.75, 3.05) is 12.3 Å². The third kappa shape index (κ3) is 5.24. The Morgan fingerprint density at radius 2 is 1.93 bits per heavy atom. The first-order valence-corrected chi connectivity index (χ1v) is 11.4. The number of halogens is 1. The molecule has 0 saturated heterocycles. The molecular formula is C23H26ClN3O2S. The molecule has 0 spiro atoms. The molecule has 3 rings (SSSR count). The van der Waals surface area contributed by atoms with Crippen molar-refractivity contribution < 1.29 is 4.79 Å². The quantitative estimate of drug-likeness (QED) is 0.391. The fourth-order valence-electron chi connectivity index (χ4n) is 3.35. The maximum atomic E-state index is 12.9. The Bertz CT molecular complexity index is 1080. The SMILES string of the molecule is CC[C@@H](CNC(=O)CSc1nc2cc(Cl)ccc2c(=O)n1C(C)C)c1ccccc1. The van der Waals surface area contributed by atoms with E-state index in [-0.39, 0.29) is 29.2 Å². The molecule has 5 nitrogen and oxygen atoms in total. The fourth-order valence-corrected chi connectivity index (χ4v) is 4.47. The van der Waals surface area contributed by atoms with Gasteiger partial charge in [-0.05, 0) is 44.0 Å². The summed E-state index contributed by atoms with van der Waals surface area (Å²) in [7, 11) is 0. The Labute approximate surface area is 185 Å². The van der Waals surface area contributed by atoms with Crippen LogP contribution in [-0.2, 0) is 4.79 Å². The van der Waals surface area contributed by atoms with E-state index in [2.05, 4.69) is 29.4 Å². The van der Waals surface area contributed by atoms with E-state index in [1.807, 2.05) is 32.0 Å². The maximum absolute atomic E-state index is 12.9. The van der Waals surface area contributed by atoms with Gasteiger partial charge in [-0.3, -0.25) is 14.2 Å². The van der Waals surface area contributed by atoms with Gasteiger partial charge in [0.25, 0.3) is 5.56 Å². The monoisotopic (exact) mass is 443 g/mol. The number of nitrogens with zero attached hydrogens (tertiary/aromatic N) is 2. The van der Waals surface area contributed by atoms with Crippen LogP contribution in [-0.4, -0.2) is 27.8 Å². The molecule has 30 heavy (non-hydrogen) atoms. The van der Waals surface area contributed by atoms with Gasteiger partial charge in [-0.1, -0.05) is 60.6 Å². The van der Waals surface area contributed by atoms with Crippen molar-refractivity contribution in [2.24, 2.45) is 0 Å². The highest BCUT2D eigenvalue weighted by molar-refractivity contribution is 7.99. The topological polar surface area (TPSA) is 64.0 Å². The smallest absolute Gasteiger partial charge is 0.262 e. The number of hydrogen-bond donors (Lipinski definition) is 1. The largest absolute Gasteiger partial charge is 0.355 e. The predicted molar refractivity (Wildman–Crippen MR) is 125 cm³/mol. The Kier molecular flexibility index (Phi) is 7.56. The third-order valence-corrected chi connectivity index (χ3v) is 6.18. The van der Waals surface area contributed by atoms with Crippen molar-refractivity contribution in [3.05, 3.63) is 69.5 Å². The van der Waals surface area contributed by atoms with E-state index in [1.54, 1.807) is 22.8 Å². The van der Waals surface area contributed by atoms with E-state index in [9.17, 15) is 9.59 Å². The Morgan fingerprint density at radius 1 is 1.20 bits per heavy atom. The standard InChI is InChI=1S/C23H26ClN3O2S/c1-4-16(17-8-6-5-7-9-17)13-25-21(28)14-30-23-26-20-12-18(24)10-11-19(20)22(29)27(23)15(2)3/h5-12,15-16H,4,13-14H2,1-3H3,(H,25,28)/t16-/m0/s1. The number of carbonyl (C=O) groups is 1. The molecule has 0 bridgehead atoms. The predicted octanol–water partition coefficient (Wildman–Crippen LogP) is 5.03. The Hall–Kier alpha value is -2.31. The van der Waals surface area contributed by atoms with E-state index in [1.165, 1.54) is 17.3 Å². The molecule has 2 aromatic carbocycles. The molecule has 0 saturated carbocycles. The van der Waals surface area contributed by atoms with Gasteiger partial charge in [0, 0.05) is 23.5 Å². The molecule has 0 fully saturated rings. The van der Waals surface area contributed by atoms with Crippen LogP contribution in [0, 0.1) is 0 Å². The van der Waals surface area contributed by atoms with E-state index >= 15 is 0 Å². The first-order chi connectivity index (χ1) is 14.4. The molecule has 3 aromatic rings. The summed E-state index contributed by atoms with van der Waals surface area (Å²) in [4.78, 5) is 30.0. The zero-order chi connectivity index (χ0) is 21.7. The summed E-state index contributed by atoms with van der Waals surface area (Å²) in [5.74, 6) is 0.385. The second-order valence-corrected chi connectivity index (χ2v) is 8.81. The number of hydrogen-bond acceptors (Lipinski definition) is 4. The lowest BCUT2D eigenvalue weighted by molar-refractivity contribution is -0.118. The van der Waals surface area contributed by atoms with Gasteiger partial charge in [0.2, 0.25) is 5.91 Å². The van der Waals surface area contributed by atoms with Crippen LogP contribution in [0.1, 0.15) is 44.7 Å². The van der Waals surface area contributed by atoms with Crippen molar-refractivity contribution in [1.82, 2.24) is 14.9 Å². The number of aromatic nitrogens is 2. The molecular weight excluding hydrogens is 418 g/mol. The molecule has 0 radical (unpaired) electrons. The fraction of sp³-hybridized carbons (Fsp3) is 0.348. The average Bonchev–Trinajstić information content (AvgIpc) is 2.73. The molecule has 1 atom stereocenters. The van der Waals surface area contributed by atoms with Gasteiger partial charge in [0.15, 0.2) is 5.16 Å². The van der Waals surface area contributed by atoms with Crippen molar-refractivity contribution in [3.63, 3.8) is 0 Å². The Morgan fingerprint density at radius 3 is 2.60 bits per heavy atom. The highest BCUT2D eigenvalue weighted by atomic mass is 35.5. The van der Waals surface area contributed by atoms with Crippen LogP contribution >= 0.6 is 23.4 Å². The Balaban J connectivity index is 1.72. The normalized spacial score (nSPS) is 12.3. The summed E-state index contributed by atoms with van der Waals surface area (Å²) < 4.78 is 1.63. The first-order valence-electron chi connectivity index (χ1n) is 10.1. The molecule has 1 N–H and O–H groups in total. The van der Waals surface area contributed by atoms with Gasteiger partial charge >= 0.3 is 0 Å². The molecule has 1 amide bonds. The van der Waals surface area contributed by atoms with E-state index in [4.69, 9.17) is 11.6 Å². The molecule has 7 heteroatoms. The zero-order valence-corrected chi connectivity index (χ0v) is 19.0. The van der Waals surface area contributed by atoms with Crippen LogP contribution in [0.2, 0.25) is 5.02 Å². The number of carbonyl (C=O) groups excluding carboxylic acids is 1. The summed E-state index contributed by atoms with van der Waals surface area (Å²) in [6.45, 7) is 6.56. The van der Waals surface area contributed by atoms with Gasteiger partial charge in [-0.2, -0.15) is 0 Å². The van der Waals surface area contributed by atoms with Crippen LogP contribution in [0.25, 0.3) is 10.9 Å². The molecule has 0 aliphatic carbocycles. The zero-order valence-electron chi connectivity index (χ0n) is 17.4. The number of fused-ring (bicyclic) bond motifs is 1. The molecule has 0 unspecified atom stereocenters. The molecule has 158 valence electrons. The van der Waals surface area contributed by atoms with Gasteiger partial charge in [0.05, 0.1) is 16.7 Å². The van der Waals surface area contributed by atoms with E-state index in [0.29, 0.717) is 27.6 Å². The van der Waals surface area contributed by atoms with Crippen LogP contribution in [0.3, 0.4) is 0 Å². The maximum Gasteiger partial charge on any atom is 0.262 e. The van der Waals surface area contributed by atoms with E-state index < -0.39 is 0 Å². The molecule has 1 aromatic heterocycles. The molecule has 1 heterocycles. The number of benzene rings is 2. The minimum Gasteiger partial charge on any atom is -0.355 e.